The molecule has 0 radical (unpaired) electrons. The third-order valence-electron chi connectivity index (χ3n) is 7.83. The number of alkyl carbamates (subject to hydrolysis) is 2. The topological polar surface area (TPSA) is 197 Å². The number of hydrogen-bond acceptors (Lipinski definition) is 11. The fourth-order valence-electron chi connectivity index (χ4n) is 5.51. The first kappa shape index (κ1) is 43.6. The van der Waals surface area contributed by atoms with Crippen LogP contribution in [0, 0.1) is 17.3 Å². The van der Waals surface area contributed by atoms with E-state index in [2.05, 4.69) is 20.9 Å². The molecule has 0 atom stereocenters. The molecule has 0 saturated carbocycles. The molecule has 1 aromatic carbocycles. The number of nitriles is 1. The van der Waals surface area contributed by atoms with E-state index in [1.165, 1.54) is 12.1 Å². The van der Waals surface area contributed by atoms with Gasteiger partial charge in [0.1, 0.15) is 17.0 Å². The van der Waals surface area contributed by atoms with E-state index in [0.717, 1.165) is 12.7 Å². The normalized spacial score (nSPS) is 15.2. The number of guanidine groups is 1. The molecule has 0 bridgehead atoms. The number of aliphatic imine (C=N–C) groups is 1. The first-order valence-corrected chi connectivity index (χ1v) is 18.2. The van der Waals surface area contributed by atoms with E-state index in [9.17, 15) is 19.2 Å². The summed E-state index contributed by atoms with van der Waals surface area (Å²) in [5.74, 6) is -0.705. The van der Waals surface area contributed by atoms with Gasteiger partial charge >= 0.3 is 186 Å². The van der Waals surface area contributed by atoms with Crippen molar-refractivity contribution < 1.29 is 46.9 Å². The van der Waals surface area contributed by atoms with Crippen molar-refractivity contribution in [3.63, 3.8) is 0 Å². The van der Waals surface area contributed by atoms with Crippen molar-refractivity contribution in [1.82, 2.24) is 20.4 Å². The van der Waals surface area contributed by atoms with E-state index >= 15 is 4.39 Å². The number of hydrogen-bond donors (Lipinski definition) is 3. The number of amides is 4. The van der Waals surface area contributed by atoms with Gasteiger partial charge in [-0.3, -0.25) is 5.32 Å². The summed E-state index contributed by atoms with van der Waals surface area (Å²) >= 11 is 0. The minimum atomic E-state index is -0.891. The van der Waals surface area contributed by atoms with Crippen molar-refractivity contribution in [1.29, 1.82) is 5.26 Å². The maximum atomic E-state index is 15.5. The first-order chi connectivity index (χ1) is 26.6. The number of rotatable bonds is 7. The maximum absolute atomic E-state index is 15.5. The van der Waals surface area contributed by atoms with Crippen LogP contribution < -0.4 is 16.0 Å². The van der Waals surface area contributed by atoms with E-state index < -0.39 is 46.8 Å². The molecule has 57 heavy (non-hydrogen) atoms. The predicted molar refractivity (Wildman–Crippen MR) is 211 cm³/mol. The van der Waals surface area contributed by atoms with Crippen molar-refractivity contribution in [2.45, 2.75) is 92.0 Å². The third kappa shape index (κ3) is 13.8. The molecule has 0 spiro atoms. The molecule has 4 amide bonds. The molecule has 3 heterocycles. The average Bonchev–Trinajstić information content (AvgIpc) is 3.59. The standard InChI is InChI=1S/C39H49BFN7O9/c1-37(2,3)55-34(50)44-32(40-53-23-42)47-18-16-25(17-19-47)29-12-13-30(54-29)31(49)43-26-10-11-27(28(41)22-26)24-14-20-48(21-15-24)33(45-35(51)56-38(4,5)6)46-36(52)57-39(7,8)9/h10-14,16,22H,15,17-21H2,1-9H3,(H,43,49)(H,44,50)(H,45,46,51,52). The Balaban J connectivity index is 1.39. The van der Waals surface area contributed by atoms with Crippen LogP contribution in [0.1, 0.15) is 97.0 Å². The quantitative estimate of drug-likeness (QED) is 0.0920. The number of nitrogens with one attached hydrogen (secondary N) is 3. The summed E-state index contributed by atoms with van der Waals surface area (Å²) in [6, 6.07) is 7.55. The minimum Gasteiger partial charge on any atom is -0.206 e. The van der Waals surface area contributed by atoms with Crippen LogP contribution in [0.2, 0.25) is 0 Å². The number of carbonyl (C=O) groups excluding carboxylic acids is 4. The third-order valence-corrected chi connectivity index (χ3v) is 7.83. The number of carbonyl (C=O) groups is 4. The molecule has 0 saturated heterocycles. The van der Waals surface area contributed by atoms with E-state index in [1.807, 2.05) is 6.08 Å². The van der Waals surface area contributed by atoms with Gasteiger partial charge in [-0.25, -0.2) is 14.0 Å². The van der Waals surface area contributed by atoms with Gasteiger partial charge in [0.15, 0.2) is 0 Å². The second-order valence-corrected chi connectivity index (χ2v) is 16.0. The van der Waals surface area contributed by atoms with Crippen molar-refractivity contribution in [3.05, 3.63) is 65.4 Å². The Morgan fingerprint density at radius 1 is 0.825 bits per heavy atom. The summed E-state index contributed by atoms with van der Waals surface area (Å²) in [4.78, 5) is 58.0. The zero-order valence-electron chi connectivity index (χ0n) is 33.7. The van der Waals surface area contributed by atoms with Gasteiger partial charge in [-0.2, -0.15) is 0 Å². The molecule has 0 aliphatic carbocycles. The number of nitrogens with zero attached hydrogens (tertiary/aromatic N) is 4. The Hall–Kier alpha value is -6.12. The van der Waals surface area contributed by atoms with Crippen LogP contribution in [-0.2, 0) is 18.9 Å². The van der Waals surface area contributed by atoms with Crippen LogP contribution in [0.5, 0.6) is 0 Å². The molecule has 16 nitrogen and oxygen atoms in total. The molecule has 18 heteroatoms. The van der Waals surface area contributed by atoms with Crippen molar-refractivity contribution in [2.24, 2.45) is 4.99 Å². The summed E-state index contributed by atoms with van der Waals surface area (Å²) < 4.78 is 42.1. The Morgan fingerprint density at radius 3 is 1.98 bits per heavy atom. The number of ether oxygens (including phenoxy) is 3. The molecule has 2 aromatic rings. The molecule has 304 valence electrons. The van der Waals surface area contributed by atoms with Gasteiger partial charge in [0.05, 0.1) is 0 Å². The zero-order valence-corrected chi connectivity index (χ0v) is 33.7. The first-order valence-electron chi connectivity index (χ1n) is 18.2. The van der Waals surface area contributed by atoms with Crippen molar-refractivity contribution >= 4 is 59.8 Å². The fraction of sp³-hybridized carbons (Fsp3) is 0.462. The Labute approximate surface area is 332 Å². The monoisotopic (exact) mass is 789 g/mol. The predicted octanol–water partition coefficient (Wildman–Crippen LogP) is 6.39. The smallest absolute Gasteiger partial charge is 0.206 e. The minimum absolute atomic E-state index is 0.0198. The molecule has 4 rings (SSSR count). The summed E-state index contributed by atoms with van der Waals surface area (Å²) in [6.45, 7) is 16.6. The number of furan rings is 1. The molecule has 0 unspecified atom stereocenters. The fourth-order valence-corrected chi connectivity index (χ4v) is 5.51. The van der Waals surface area contributed by atoms with Gasteiger partial charge in [0.2, 0.25) is 5.96 Å². The van der Waals surface area contributed by atoms with Crippen LogP contribution in [0.4, 0.5) is 24.5 Å². The van der Waals surface area contributed by atoms with Crippen LogP contribution in [-0.4, -0.2) is 95.8 Å². The summed E-state index contributed by atoms with van der Waals surface area (Å²) in [5.41, 5.74) is -0.0248. The molecule has 0 fully saturated rings. The van der Waals surface area contributed by atoms with Crippen LogP contribution in [0.25, 0.3) is 11.1 Å². The summed E-state index contributed by atoms with van der Waals surface area (Å²) in [6.07, 6.45) is 3.61. The zero-order chi connectivity index (χ0) is 42.1. The number of halogens is 1. The molecule has 3 N–H and O–H groups in total. The number of benzene rings is 1. The molecular formula is C39H49BFN7O9. The van der Waals surface area contributed by atoms with Gasteiger partial charge in [-0.1, -0.05) is 6.08 Å². The molecular weight excluding hydrogens is 740 g/mol. The van der Waals surface area contributed by atoms with Gasteiger partial charge in [0, 0.05) is 18.7 Å². The second-order valence-electron chi connectivity index (χ2n) is 16.0. The summed E-state index contributed by atoms with van der Waals surface area (Å²) in [5, 5.41) is 16.7. The summed E-state index contributed by atoms with van der Waals surface area (Å²) in [7, 11) is 1.13. The van der Waals surface area contributed by atoms with Gasteiger partial charge in [-0.15, -0.1) is 4.99 Å². The molecule has 1 aromatic heterocycles. The Morgan fingerprint density at radius 2 is 1.42 bits per heavy atom. The average molecular weight is 790 g/mol. The van der Waals surface area contributed by atoms with Crippen LogP contribution in [0.3, 0.4) is 0 Å². The van der Waals surface area contributed by atoms with Crippen molar-refractivity contribution in [3.8, 4) is 6.26 Å². The van der Waals surface area contributed by atoms with Gasteiger partial charge < -0.3 is 14.4 Å². The molecule has 2 aliphatic rings. The Kier molecular flexibility index (Phi) is 13.9. The van der Waals surface area contributed by atoms with E-state index in [0.29, 0.717) is 42.8 Å². The van der Waals surface area contributed by atoms with E-state index in [1.54, 1.807) is 103 Å². The van der Waals surface area contributed by atoms with Gasteiger partial charge in [0.25, 0.3) is 0 Å². The number of anilines is 1. The SMILES string of the molecule is CC(C)(C)OC(=O)N=C(NC(=O)OC(C)(C)C)N1CC=C(c2ccc(NC(=O)c3ccc(C4=CCN(C(=BOC#N)NC(=O)OC(C)(C)C)CC4)o3)cc2F)CC1. The van der Waals surface area contributed by atoms with Crippen LogP contribution in [0.15, 0.2) is 51.9 Å². The van der Waals surface area contributed by atoms with Gasteiger partial charge in [-0.05, 0) is 59.6 Å². The Bertz CT molecular complexity index is 2010. The van der Waals surface area contributed by atoms with Crippen molar-refractivity contribution in [2.75, 3.05) is 31.5 Å². The van der Waals surface area contributed by atoms with Crippen LogP contribution >= 0.6 is 0 Å². The second kappa shape index (κ2) is 18.2. The van der Waals surface area contributed by atoms with E-state index in [-0.39, 0.29) is 36.2 Å². The molecule has 2 aliphatic heterocycles. The van der Waals surface area contributed by atoms with E-state index in [4.69, 9.17) is 28.5 Å².